The summed E-state index contributed by atoms with van der Waals surface area (Å²) in [4.78, 5) is 0. The normalized spacial score (nSPS) is 14.5. The van der Waals surface area contributed by atoms with Crippen LogP contribution in [-0.4, -0.2) is 14.2 Å². The van der Waals surface area contributed by atoms with Crippen LogP contribution in [0.25, 0.3) is 0 Å². The largest absolute Gasteiger partial charge is 0.497 e. The van der Waals surface area contributed by atoms with Gasteiger partial charge in [-0.1, -0.05) is 69.0 Å². The molecule has 29 heavy (non-hydrogen) atoms. The highest BCUT2D eigenvalue weighted by atomic mass is 79.9. The molecule has 1 fully saturated rings. The first-order chi connectivity index (χ1) is 13.9. The van der Waals surface area contributed by atoms with Gasteiger partial charge in [-0.3, -0.25) is 0 Å². The number of rotatable bonds is 5. The maximum atomic E-state index is 5.35. The molecule has 0 spiro atoms. The first-order valence-electron chi connectivity index (χ1n) is 10.9. The van der Waals surface area contributed by atoms with Gasteiger partial charge in [-0.15, -0.1) is 0 Å². The number of halogens is 1. The lowest BCUT2D eigenvalue weighted by Gasteiger charge is -2.26. The zero-order valence-corrected chi connectivity index (χ0v) is 20.5. The van der Waals surface area contributed by atoms with E-state index in [-0.39, 0.29) is 0 Å². The van der Waals surface area contributed by atoms with Crippen LogP contribution < -0.4 is 9.47 Å². The molecule has 0 saturated heterocycles. The Labute approximate surface area is 186 Å². The minimum absolute atomic E-state index is 0.523. The van der Waals surface area contributed by atoms with Crippen molar-refractivity contribution in [2.24, 2.45) is 0 Å². The molecular weight excluding hydrogens is 424 g/mol. The molecular formula is C26H37BrO2. The van der Waals surface area contributed by atoms with E-state index in [1.165, 1.54) is 43.2 Å². The van der Waals surface area contributed by atoms with Crippen molar-refractivity contribution in [1.29, 1.82) is 0 Å². The van der Waals surface area contributed by atoms with Gasteiger partial charge in [0.2, 0.25) is 0 Å². The summed E-state index contributed by atoms with van der Waals surface area (Å²) in [5.41, 5.74) is 4.34. The molecule has 2 aromatic rings. The lowest BCUT2D eigenvalue weighted by atomic mass is 9.80. The quantitative estimate of drug-likeness (QED) is 0.445. The molecule has 0 N–H and O–H groups in total. The Morgan fingerprint density at radius 1 is 0.759 bits per heavy atom. The fraction of sp³-hybridized carbons (Fsp3) is 0.538. The van der Waals surface area contributed by atoms with Gasteiger partial charge in [0.25, 0.3) is 0 Å². The number of ether oxygens (including phenoxy) is 2. The number of benzene rings is 2. The molecule has 1 saturated carbocycles. The summed E-state index contributed by atoms with van der Waals surface area (Å²) in [5, 5.41) is 0. The van der Waals surface area contributed by atoms with Gasteiger partial charge in [-0.05, 0) is 77.6 Å². The molecule has 0 aromatic heterocycles. The summed E-state index contributed by atoms with van der Waals surface area (Å²) in [6.07, 6.45) is 6.95. The van der Waals surface area contributed by atoms with Gasteiger partial charge in [0, 0.05) is 4.47 Å². The third-order valence-corrected chi connectivity index (χ3v) is 6.51. The van der Waals surface area contributed by atoms with E-state index in [0.29, 0.717) is 11.8 Å². The lowest BCUT2D eigenvalue weighted by molar-refractivity contribution is 0.411. The first-order valence-corrected chi connectivity index (χ1v) is 11.7. The molecule has 1 aliphatic rings. The zero-order valence-electron chi connectivity index (χ0n) is 18.9. The van der Waals surface area contributed by atoms with E-state index >= 15 is 0 Å². The van der Waals surface area contributed by atoms with Gasteiger partial charge in [-0.2, -0.15) is 0 Å². The molecule has 0 heterocycles. The molecule has 0 atom stereocenters. The molecule has 2 nitrogen and oxygen atoms in total. The van der Waals surface area contributed by atoms with Gasteiger partial charge in [0.1, 0.15) is 11.5 Å². The van der Waals surface area contributed by atoms with Crippen molar-refractivity contribution in [1.82, 2.24) is 0 Å². The highest BCUT2D eigenvalue weighted by molar-refractivity contribution is 9.10. The standard InChI is InChI=1S/C16H24O.C10H13BrO/c1-12(2)16-11-14(17-3)9-10-15(16)13-7-5-4-6-8-13;1-7(2)9-6-8(12-3)4-5-10(9)11/h9-13H,4-8H2,1-3H3;4-7H,1-3H3. The van der Waals surface area contributed by atoms with Crippen molar-refractivity contribution in [2.45, 2.75) is 77.6 Å². The molecule has 160 valence electrons. The number of hydrogen-bond donors (Lipinski definition) is 0. The average Bonchev–Trinajstić information content (AvgIpc) is 2.74. The third kappa shape index (κ3) is 6.77. The summed E-state index contributed by atoms with van der Waals surface area (Å²) >= 11 is 3.50. The Kier molecular flexibility index (Phi) is 9.55. The van der Waals surface area contributed by atoms with Gasteiger partial charge in [0.15, 0.2) is 0 Å². The summed E-state index contributed by atoms with van der Waals surface area (Å²) < 4.78 is 11.6. The van der Waals surface area contributed by atoms with E-state index in [4.69, 9.17) is 9.47 Å². The van der Waals surface area contributed by atoms with Crippen LogP contribution in [0.2, 0.25) is 0 Å². The predicted octanol–water partition coefficient (Wildman–Crippen LogP) is 8.45. The zero-order chi connectivity index (χ0) is 21.4. The Morgan fingerprint density at radius 2 is 1.28 bits per heavy atom. The van der Waals surface area contributed by atoms with Gasteiger partial charge < -0.3 is 9.47 Å². The Bertz CT molecular complexity index is 761. The second-order valence-corrected chi connectivity index (χ2v) is 9.38. The Hall–Kier alpha value is -1.48. The van der Waals surface area contributed by atoms with E-state index in [2.05, 4.69) is 67.9 Å². The van der Waals surface area contributed by atoms with E-state index in [1.807, 2.05) is 12.1 Å². The molecule has 0 amide bonds. The summed E-state index contributed by atoms with van der Waals surface area (Å²) in [6.45, 7) is 8.89. The molecule has 1 aliphatic carbocycles. The second kappa shape index (κ2) is 11.6. The van der Waals surface area contributed by atoms with Gasteiger partial charge >= 0.3 is 0 Å². The van der Waals surface area contributed by atoms with Crippen LogP contribution in [0.5, 0.6) is 11.5 Å². The topological polar surface area (TPSA) is 18.5 Å². The minimum Gasteiger partial charge on any atom is -0.497 e. The van der Waals surface area contributed by atoms with Crippen LogP contribution in [0, 0.1) is 0 Å². The maximum Gasteiger partial charge on any atom is 0.119 e. The SMILES string of the molecule is COc1ccc(Br)c(C(C)C)c1.COc1ccc(C2CCCCC2)c(C(C)C)c1. The fourth-order valence-corrected chi connectivity index (χ4v) is 4.76. The second-order valence-electron chi connectivity index (χ2n) is 8.53. The molecule has 3 heteroatoms. The Morgan fingerprint density at radius 3 is 1.79 bits per heavy atom. The van der Waals surface area contributed by atoms with Crippen molar-refractivity contribution in [3.63, 3.8) is 0 Å². The third-order valence-electron chi connectivity index (χ3n) is 5.79. The Balaban J connectivity index is 0.000000221. The summed E-state index contributed by atoms with van der Waals surface area (Å²) in [7, 11) is 3.44. The fourth-order valence-electron chi connectivity index (χ4n) is 4.06. The lowest BCUT2D eigenvalue weighted by Crippen LogP contribution is -2.08. The monoisotopic (exact) mass is 460 g/mol. The molecule has 3 rings (SSSR count). The van der Waals surface area contributed by atoms with Gasteiger partial charge in [0.05, 0.1) is 14.2 Å². The highest BCUT2D eigenvalue weighted by Gasteiger charge is 2.19. The van der Waals surface area contributed by atoms with Crippen molar-refractivity contribution in [3.05, 3.63) is 57.6 Å². The molecule has 2 aromatic carbocycles. The first kappa shape index (κ1) is 23.8. The molecule has 0 unspecified atom stereocenters. The van der Waals surface area contributed by atoms with Crippen molar-refractivity contribution >= 4 is 15.9 Å². The van der Waals surface area contributed by atoms with Crippen molar-refractivity contribution in [2.75, 3.05) is 14.2 Å². The van der Waals surface area contributed by atoms with Crippen LogP contribution in [0.3, 0.4) is 0 Å². The average molecular weight is 461 g/mol. The van der Waals surface area contributed by atoms with Crippen LogP contribution in [0.15, 0.2) is 40.9 Å². The summed E-state index contributed by atoms with van der Waals surface area (Å²) in [5.74, 6) is 3.80. The maximum absolute atomic E-state index is 5.35. The van der Waals surface area contributed by atoms with Crippen LogP contribution >= 0.6 is 15.9 Å². The molecule has 0 radical (unpaired) electrons. The summed E-state index contributed by atoms with van der Waals surface area (Å²) in [6, 6.07) is 12.7. The minimum atomic E-state index is 0.523. The van der Waals surface area contributed by atoms with Gasteiger partial charge in [-0.25, -0.2) is 0 Å². The van der Waals surface area contributed by atoms with Crippen LogP contribution in [0.4, 0.5) is 0 Å². The highest BCUT2D eigenvalue weighted by Crippen LogP contribution is 2.38. The van der Waals surface area contributed by atoms with E-state index in [1.54, 1.807) is 19.8 Å². The molecule has 0 bridgehead atoms. The van der Waals surface area contributed by atoms with E-state index in [9.17, 15) is 0 Å². The predicted molar refractivity (Wildman–Crippen MR) is 128 cm³/mol. The van der Waals surface area contributed by atoms with Crippen LogP contribution in [0.1, 0.15) is 94.2 Å². The molecule has 0 aliphatic heterocycles. The van der Waals surface area contributed by atoms with Crippen LogP contribution in [-0.2, 0) is 0 Å². The number of hydrogen-bond acceptors (Lipinski definition) is 2. The van der Waals surface area contributed by atoms with Crippen molar-refractivity contribution < 1.29 is 9.47 Å². The van der Waals surface area contributed by atoms with E-state index in [0.717, 1.165) is 21.9 Å². The van der Waals surface area contributed by atoms with Crippen molar-refractivity contribution in [3.8, 4) is 11.5 Å². The smallest absolute Gasteiger partial charge is 0.119 e. The van der Waals surface area contributed by atoms with E-state index < -0.39 is 0 Å². The number of methoxy groups -OCH3 is 2.